The first kappa shape index (κ1) is 16.2. The predicted octanol–water partition coefficient (Wildman–Crippen LogP) is 4.19. The molecule has 5 heteroatoms. The van der Waals surface area contributed by atoms with E-state index in [2.05, 4.69) is 20.7 Å². The molecule has 0 unspecified atom stereocenters. The third-order valence-corrected chi connectivity index (χ3v) is 5.27. The van der Waals surface area contributed by atoms with Gasteiger partial charge >= 0.3 is 0 Å². The number of rotatable bonds is 5. The fourth-order valence-electron chi connectivity index (χ4n) is 2.08. The van der Waals surface area contributed by atoms with Crippen LogP contribution in [-0.2, 0) is 10.0 Å². The first-order valence-electron chi connectivity index (χ1n) is 6.77. The van der Waals surface area contributed by atoms with E-state index in [0.29, 0.717) is 11.3 Å². The van der Waals surface area contributed by atoms with Gasteiger partial charge in [-0.15, -0.1) is 0 Å². The van der Waals surface area contributed by atoms with Gasteiger partial charge in [0.05, 0.1) is 4.90 Å². The Labute approximate surface area is 134 Å². The van der Waals surface area contributed by atoms with Crippen molar-refractivity contribution in [1.82, 2.24) is 4.72 Å². The second-order valence-corrected chi connectivity index (χ2v) is 7.58. The van der Waals surface area contributed by atoms with Gasteiger partial charge in [-0.3, -0.25) is 0 Å². The lowest BCUT2D eigenvalue weighted by Gasteiger charge is -2.18. The van der Waals surface area contributed by atoms with E-state index < -0.39 is 10.0 Å². The van der Waals surface area contributed by atoms with Crippen LogP contribution < -0.4 is 4.72 Å². The maximum absolute atomic E-state index is 12.4. The van der Waals surface area contributed by atoms with Crippen LogP contribution in [0, 0.1) is 6.92 Å². The highest BCUT2D eigenvalue weighted by atomic mass is 79.9. The molecule has 1 atom stereocenters. The number of hydrogen-bond acceptors (Lipinski definition) is 2. The smallest absolute Gasteiger partial charge is 0.207 e. The Morgan fingerprint density at radius 2 is 1.81 bits per heavy atom. The number of nitrogens with one attached hydrogen (secondary N) is 1. The molecule has 0 aliphatic carbocycles. The molecule has 21 heavy (non-hydrogen) atoms. The first-order chi connectivity index (χ1) is 9.92. The Kier molecular flexibility index (Phi) is 5.19. The zero-order valence-corrected chi connectivity index (χ0v) is 14.4. The maximum atomic E-state index is 12.4. The third kappa shape index (κ3) is 4.15. The second-order valence-electron chi connectivity index (χ2n) is 4.95. The maximum Gasteiger partial charge on any atom is 0.241 e. The minimum atomic E-state index is -3.51. The molecule has 2 rings (SSSR count). The Morgan fingerprint density at radius 3 is 2.38 bits per heavy atom. The van der Waals surface area contributed by atoms with Crippen LogP contribution in [0.3, 0.4) is 0 Å². The van der Waals surface area contributed by atoms with Crippen molar-refractivity contribution in [2.75, 3.05) is 0 Å². The van der Waals surface area contributed by atoms with Crippen LogP contribution in [-0.4, -0.2) is 8.42 Å². The summed E-state index contributed by atoms with van der Waals surface area (Å²) in [5, 5.41) is 0. The van der Waals surface area contributed by atoms with Gasteiger partial charge in [0.15, 0.2) is 0 Å². The number of aryl methyl sites for hydroxylation is 1. The first-order valence-corrected chi connectivity index (χ1v) is 9.04. The lowest BCUT2D eigenvalue weighted by Crippen LogP contribution is -2.28. The summed E-state index contributed by atoms with van der Waals surface area (Å²) in [7, 11) is -3.51. The highest BCUT2D eigenvalue weighted by Gasteiger charge is 2.20. The topological polar surface area (TPSA) is 46.2 Å². The van der Waals surface area contributed by atoms with Gasteiger partial charge in [-0.25, -0.2) is 13.1 Å². The molecule has 2 aromatic rings. The zero-order valence-electron chi connectivity index (χ0n) is 12.0. The molecule has 2 aromatic carbocycles. The average Bonchev–Trinajstić information content (AvgIpc) is 2.45. The van der Waals surface area contributed by atoms with Gasteiger partial charge in [-0.1, -0.05) is 52.7 Å². The Balaban J connectivity index is 2.27. The van der Waals surface area contributed by atoms with Crippen LogP contribution in [0.25, 0.3) is 0 Å². The molecule has 112 valence electrons. The van der Waals surface area contributed by atoms with Crippen LogP contribution in [0.1, 0.15) is 30.5 Å². The minimum absolute atomic E-state index is 0.242. The van der Waals surface area contributed by atoms with E-state index in [1.165, 1.54) is 0 Å². The molecular weight excluding hydrogens is 350 g/mol. The van der Waals surface area contributed by atoms with Crippen LogP contribution in [0.4, 0.5) is 0 Å². The largest absolute Gasteiger partial charge is 0.241 e. The van der Waals surface area contributed by atoms with Crippen molar-refractivity contribution >= 4 is 26.0 Å². The summed E-state index contributed by atoms with van der Waals surface area (Å²) in [4.78, 5) is 0.293. The molecule has 0 saturated carbocycles. The molecule has 0 amide bonds. The summed E-state index contributed by atoms with van der Waals surface area (Å²) in [6.45, 7) is 3.89. The van der Waals surface area contributed by atoms with Crippen molar-refractivity contribution in [3.63, 3.8) is 0 Å². The number of hydrogen-bond donors (Lipinski definition) is 1. The monoisotopic (exact) mass is 367 g/mol. The van der Waals surface area contributed by atoms with Crippen molar-refractivity contribution in [3.05, 3.63) is 64.1 Å². The van der Waals surface area contributed by atoms with Crippen molar-refractivity contribution < 1.29 is 8.42 Å². The van der Waals surface area contributed by atoms with E-state index in [1.807, 2.05) is 38.1 Å². The molecule has 0 radical (unpaired) electrons. The van der Waals surface area contributed by atoms with Gasteiger partial charge in [0, 0.05) is 10.5 Å². The summed E-state index contributed by atoms with van der Waals surface area (Å²) in [5.41, 5.74) is 1.98. The predicted molar refractivity (Wildman–Crippen MR) is 88.7 cm³/mol. The van der Waals surface area contributed by atoms with Gasteiger partial charge < -0.3 is 0 Å². The van der Waals surface area contributed by atoms with E-state index in [4.69, 9.17) is 0 Å². The molecule has 0 saturated heterocycles. The van der Waals surface area contributed by atoms with Crippen LogP contribution in [0.2, 0.25) is 0 Å². The van der Waals surface area contributed by atoms with E-state index in [0.717, 1.165) is 15.6 Å². The molecule has 0 spiro atoms. The lowest BCUT2D eigenvalue weighted by molar-refractivity contribution is 0.550. The number of benzene rings is 2. The summed E-state index contributed by atoms with van der Waals surface area (Å²) >= 11 is 3.41. The third-order valence-electron chi connectivity index (χ3n) is 3.29. The normalized spacial score (nSPS) is 13.1. The van der Waals surface area contributed by atoms with E-state index in [-0.39, 0.29) is 6.04 Å². The fourth-order valence-corrected chi connectivity index (χ4v) is 3.81. The van der Waals surface area contributed by atoms with Gasteiger partial charge in [0.25, 0.3) is 0 Å². The molecule has 3 nitrogen and oxygen atoms in total. The van der Waals surface area contributed by atoms with Crippen molar-refractivity contribution in [2.45, 2.75) is 31.2 Å². The Hall–Kier alpha value is -1.17. The summed E-state index contributed by atoms with van der Waals surface area (Å²) in [6, 6.07) is 14.3. The average molecular weight is 368 g/mol. The quantitative estimate of drug-likeness (QED) is 0.860. The fraction of sp³-hybridized carbons (Fsp3) is 0.250. The van der Waals surface area contributed by atoms with Crippen molar-refractivity contribution in [2.24, 2.45) is 0 Å². The van der Waals surface area contributed by atoms with Crippen LogP contribution >= 0.6 is 15.9 Å². The highest BCUT2D eigenvalue weighted by Crippen LogP contribution is 2.23. The molecule has 0 bridgehead atoms. The Bertz CT molecular complexity index is 711. The van der Waals surface area contributed by atoms with E-state index in [9.17, 15) is 8.42 Å². The number of sulfonamides is 1. The molecular formula is C16H18BrNO2S. The lowest BCUT2D eigenvalue weighted by atomic mass is 10.1. The van der Waals surface area contributed by atoms with Crippen molar-refractivity contribution in [3.8, 4) is 0 Å². The molecule has 0 fully saturated rings. The molecule has 1 N–H and O–H groups in total. The summed E-state index contributed by atoms with van der Waals surface area (Å²) in [6.07, 6.45) is 0.682. The van der Waals surface area contributed by atoms with Crippen LogP contribution in [0.5, 0.6) is 0 Å². The highest BCUT2D eigenvalue weighted by molar-refractivity contribution is 9.10. The summed E-state index contributed by atoms with van der Waals surface area (Å²) < 4.78 is 28.6. The van der Waals surface area contributed by atoms with Gasteiger partial charge in [0.1, 0.15) is 0 Å². The van der Waals surface area contributed by atoms with Gasteiger partial charge in [-0.2, -0.15) is 0 Å². The SMILES string of the molecule is CC[C@H](NS(=O)(=O)c1ccc(C)cc1)c1cccc(Br)c1. The number of halogens is 1. The van der Waals surface area contributed by atoms with E-state index >= 15 is 0 Å². The Morgan fingerprint density at radius 1 is 1.14 bits per heavy atom. The van der Waals surface area contributed by atoms with E-state index in [1.54, 1.807) is 24.3 Å². The standard InChI is InChI=1S/C16H18BrNO2S/c1-3-16(13-5-4-6-14(17)11-13)18-21(19,20)15-9-7-12(2)8-10-15/h4-11,16,18H,3H2,1-2H3/t16-/m0/s1. The second kappa shape index (κ2) is 6.73. The summed E-state index contributed by atoms with van der Waals surface area (Å²) in [5.74, 6) is 0. The zero-order chi connectivity index (χ0) is 15.5. The van der Waals surface area contributed by atoms with Gasteiger partial charge in [0.2, 0.25) is 10.0 Å². The molecule has 0 aliphatic rings. The molecule has 0 aliphatic heterocycles. The molecule has 0 heterocycles. The van der Waals surface area contributed by atoms with Crippen LogP contribution in [0.15, 0.2) is 57.9 Å². The van der Waals surface area contributed by atoms with Crippen molar-refractivity contribution in [1.29, 1.82) is 0 Å². The van der Waals surface area contributed by atoms with Gasteiger partial charge in [-0.05, 0) is 43.2 Å². The molecule has 0 aromatic heterocycles. The minimum Gasteiger partial charge on any atom is -0.207 e.